The van der Waals surface area contributed by atoms with E-state index in [-0.39, 0.29) is 0 Å². The average molecular weight is 134 g/mol. The first-order valence-electron chi connectivity index (χ1n) is 3.04. The van der Waals surface area contributed by atoms with Crippen molar-refractivity contribution in [2.75, 3.05) is 0 Å². The van der Waals surface area contributed by atoms with Crippen molar-refractivity contribution in [3.05, 3.63) is 24.2 Å². The lowest BCUT2D eigenvalue weighted by molar-refractivity contribution is 0.405. The number of fused-ring (bicyclic) bond motifs is 1. The molecule has 0 spiro atoms. The molecule has 0 unspecified atom stereocenters. The molecule has 2 rings (SSSR count). The molecular formula is C7H6N2O. The largest absolute Gasteiger partial charge is 0.360 e. The maximum absolute atomic E-state index is 4.92. The highest BCUT2D eigenvalue weighted by molar-refractivity contribution is 5.78. The predicted octanol–water partition coefficient (Wildman–Crippen LogP) is 1.53. The summed E-state index contributed by atoms with van der Waals surface area (Å²) in [5.41, 5.74) is 0.819. The minimum Gasteiger partial charge on any atom is -0.360 e. The molecule has 3 nitrogen and oxygen atoms in total. The molecule has 0 aliphatic rings. The Hall–Kier alpha value is -1.38. The normalized spacial score (nSPS) is 10.5. The summed E-state index contributed by atoms with van der Waals surface area (Å²) in [4.78, 5) is 3.90. The van der Waals surface area contributed by atoms with E-state index in [1.54, 1.807) is 12.4 Å². The molecule has 0 saturated carbocycles. The van der Waals surface area contributed by atoms with Gasteiger partial charge in [0.2, 0.25) is 0 Å². The number of aryl methyl sites for hydroxylation is 1. The van der Waals surface area contributed by atoms with Crippen LogP contribution in [0.15, 0.2) is 23.0 Å². The molecule has 0 bridgehead atoms. The van der Waals surface area contributed by atoms with Gasteiger partial charge in [-0.15, -0.1) is 0 Å². The second kappa shape index (κ2) is 1.80. The molecule has 0 aromatic carbocycles. The van der Waals surface area contributed by atoms with E-state index in [0.29, 0.717) is 0 Å². The third-order valence-corrected chi connectivity index (χ3v) is 1.46. The van der Waals surface area contributed by atoms with Crippen molar-refractivity contribution in [3.8, 4) is 0 Å². The Morgan fingerprint density at radius 2 is 2.40 bits per heavy atom. The van der Waals surface area contributed by atoms with Crippen LogP contribution in [0.5, 0.6) is 0 Å². The van der Waals surface area contributed by atoms with Crippen LogP contribution in [0.25, 0.3) is 10.9 Å². The fourth-order valence-corrected chi connectivity index (χ4v) is 0.923. The number of nitrogens with zero attached hydrogens (tertiary/aromatic N) is 2. The number of rotatable bonds is 0. The second-order valence-electron chi connectivity index (χ2n) is 2.13. The van der Waals surface area contributed by atoms with Gasteiger partial charge in [-0.1, -0.05) is 5.16 Å². The van der Waals surface area contributed by atoms with Gasteiger partial charge in [-0.05, 0) is 13.0 Å². The molecule has 50 valence electrons. The number of hydrogen-bond acceptors (Lipinski definition) is 3. The molecule has 0 aliphatic heterocycles. The van der Waals surface area contributed by atoms with Gasteiger partial charge in [-0.3, -0.25) is 4.98 Å². The maximum atomic E-state index is 4.92. The molecular weight excluding hydrogens is 128 g/mol. The highest BCUT2D eigenvalue weighted by Gasteiger charge is 2.00. The minimum absolute atomic E-state index is 0.819. The van der Waals surface area contributed by atoms with Crippen LogP contribution in [-0.4, -0.2) is 10.1 Å². The van der Waals surface area contributed by atoms with Crippen molar-refractivity contribution < 1.29 is 4.52 Å². The summed E-state index contributed by atoms with van der Waals surface area (Å²) in [7, 11) is 0. The van der Waals surface area contributed by atoms with Gasteiger partial charge in [-0.25, -0.2) is 0 Å². The van der Waals surface area contributed by atoms with Gasteiger partial charge >= 0.3 is 0 Å². The van der Waals surface area contributed by atoms with E-state index in [1.165, 1.54) is 0 Å². The van der Waals surface area contributed by atoms with Crippen LogP contribution in [0.2, 0.25) is 0 Å². The summed E-state index contributed by atoms with van der Waals surface area (Å²) in [6, 6.07) is 1.89. The highest BCUT2D eigenvalue weighted by Crippen LogP contribution is 2.14. The third-order valence-electron chi connectivity index (χ3n) is 1.46. The SMILES string of the molecule is Cc1onc2cnccc12. The number of hydrogen-bond donors (Lipinski definition) is 0. The summed E-state index contributed by atoms with van der Waals surface area (Å²) in [6.45, 7) is 1.88. The van der Waals surface area contributed by atoms with Crippen molar-refractivity contribution in [2.45, 2.75) is 6.92 Å². The highest BCUT2D eigenvalue weighted by atomic mass is 16.5. The smallest absolute Gasteiger partial charge is 0.141 e. The Balaban J connectivity index is 2.93. The molecule has 0 atom stereocenters. The quantitative estimate of drug-likeness (QED) is 0.548. The molecule has 2 heterocycles. The third kappa shape index (κ3) is 0.603. The molecule has 2 aromatic rings. The lowest BCUT2D eigenvalue weighted by atomic mass is 10.3. The van der Waals surface area contributed by atoms with E-state index in [0.717, 1.165) is 16.7 Å². The fraction of sp³-hybridized carbons (Fsp3) is 0.143. The first-order valence-corrected chi connectivity index (χ1v) is 3.04. The van der Waals surface area contributed by atoms with Crippen molar-refractivity contribution in [3.63, 3.8) is 0 Å². The lowest BCUT2D eigenvalue weighted by Crippen LogP contribution is -1.70. The monoisotopic (exact) mass is 134 g/mol. The summed E-state index contributed by atoms with van der Waals surface area (Å²) in [5, 5.41) is 4.82. The molecule has 10 heavy (non-hydrogen) atoms. The zero-order chi connectivity index (χ0) is 6.97. The minimum atomic E-state index is 0.819. The number of aromatic nitrogens is 2. The van der Waals surface area contributed by atoms with Gasteiger partial charge in [0, 0.05) is 11.6 Å². The molecule has 0 aliphatic carbocycles. The van der Waals surface area contributed by atoms with E-state index < -0.39 is 0 Å². The van der Waals surface area contributed by atoms with Crippen LogP contribution < -0.4 is 0 Å². The van der Waals surface area contributed by atoms with Gasteiger partial charge in [0.15, 0.2) is 0 Å². The second-order valence-corrected chi connectivity index (χ2v) is 2.13. The van der Waals surface area contributed by atoms with Gasteiger partial charge in [0.05, 0.1) is 6.20 Å². The standard InChI is InChI=1S/C7H6N2O/c1-5-6-2-3-8-4-7(6)9-10-5/h2-4H,1H3. The summed E-state index contributed by atoms with van der Waals surface area (Å²) < 4.78 is 4.92. The fourth-order valence-electron chi connectivity index (χ4n) is 0.923. The van der Waals surface area contributed by atoms with Gasteiger partial charge in [0.1, 0.15) is 11.3 Å². The summed E-state index contributed by atoms with van der Waals surface area (Å²) >= 11 is 0. The molecule has 0 amide bonds. The van der Waals surface area contributed by atoms with E-state index >= 15 is 0 Å². The van der Waals surface area contributed by atoms with E-state index in [9.17, 15) is 0 Å². The van der Waals surface area contributed by atoms with E-state index in [4.69, 9.17) is 4.52 Å². The summed E-state index contributed by atoms with van der Waals surface area (Å²) in [5.74, 6) is 0.845. The van der Waals surface area contributed by atoms with Crippen LogP contribution in [0, 0.1) is 6.92 Å². The van der Waals surface area contributed by atoms with Crippen molar-refractivity contribution in [1.82, 2.24) is 10.1 Å². The van der Waals surface area contributed by atoms with Crippen LogP contribution in [0.1, 0.15) is 5.76 Å². The van der Waals surface area contributed by atoms with Crippen molar-refractivity contribution >= 4 is 10.9 Å². The zero-order valence-corrected chi connectivity index (χ0v) is 5.53. The first kappa shape index (κ1) is 5.41. The maximum Gasteiger partial charge on any atom is 0.141 e. The first-order chi connectivity index (χ1) is 4.88. The van der Waals surface area contributed by atoms with Gasteiger partial charge in [0.25, 0.3) is 0 Å². The van der Waals surface area contributed by atoms with Crippen LogP contribution >= 0.6 is 0 Å². The molecule has 0 saturated heterocycles. The Kier molecular flexibility index (Phi) is 0.974. The summed E-state index contributed by atoms with van der Waals surface area (Å²) in [6.07, 6.45) is 3.42. The predicted molar refractivity (Wildman–Crippen MR) is 36.5 cm³/mol. The van der Waals surface area contributed by atoms with Gasteiger partial charge in [-0.2, -0.15) is 0 Å². The van der Waals surface area contributed by atoms with E-state index in [1.807, 2.05) is 13.0 Å². The van der Waals surface area contributed by atoms with Crippen LogP contribution in [0.4, 0.5) is 0 Å². The molecule has 0 N–H and O–H groups in total. The Labute approximate surface area is 57.7 Å². The lowest BCUT2D eigenvalue weighted by Gasteiger charge is -1.81. The Morgan fingerprint density at radius 1 is 1.50 bits per heavy atom. The Morgan fingerprint density at radius 3 is 3.20 bits per heavy atom. The molecule has 0 fully saturated rings. The van der Waals surface area contributed by atoms with E-state index in [2.05, 4.69) is 10.1 Å². The van der Waals surface area contributed by atoms with Gasteiger partial charge < -0.3 is 4.52 Å². The Bertz CT molecular complexity index is 353. The topological polar surface area (TPSA) is 38.9 Å². The van der Waals surface area contributed by atoms with Crippen LogP contribution in [0.3, 0.4) is 0 Å². The molecule has 0 radical (unpaired) electrons. The van der Waals surface area contributed by atoms with Crippen molar-refractivity contribution in [2.24, 2.45) is 0 Å². The molecule has 3 heteroatoms. The van der Waals surface area contributed by atoms with Crippen molar-refractivity contribution in [1.29, 1.82) is 0 Å². The number of pyridine rings is 1. The zero-order valence-electron chi connectivity index (χ0n) is 5.53. The average Bonchev–Trinajstić information content (AvgIpc) is 2.34. The molecule has 2 aromatic heterocycles. The van der Waals surface area contributed by atoms with Crippen LogP contribution in [-0.2, 0) is 0 Å².